The molecule has 0 heterocycles. The molecule has 1 heteroatoms. The van der Waals surface area contributed by atoms with E-state index in [0.29, 0.717) is 0 Å². The summed E-state index contributed by atoms with van der Waals surface area (Å²) < 4.78 is 0. The zero-order valence-electron chi connectivity index (χ0n) is 15.4. The van der Waals surface area contributed by atoms with Crippen LogP contribution in [-0.2, 0) is 11.0 Å². The lowest BCUT2D eigenvalue weighted by atomic mass is 9.84. The van der Waals surface area contributed by atoms with E-state index in [1.165, 1.54) is 21.9 Å². The Morgan fingerprint density at radius 2 is 1.21 bits per heavy atom. The third kappa shape index (κ3) is 3.46. The van der Waals surface area contributed by atoms with Gasteiger partial charge in [-0.25, -0.2) is 0 Å². The lowest BCUT2D eigenvalue weighted by molar-refractivity contribution is 0.583. The monoisotopic (exact) mass is 317 g/mol. The normalized spacial score (nSPS) is 12.4. The molecule has 0 aliphatic carbocycles. The molecule has 24 heavy (non-hydrogen) atoms. The molecule has 0 saturated heterocycles. The number of hydrogen-bond acceptors (Lipinski definition) is 1. The van der Waals surface area contributed by atoms with Crippen LogP contribution >= 0.6 is 0 Å². The Labute approximate surface area is 145 Å². The molecule has 124 valence electrons. The second-order valence-corrected chi connectivity index (χ2v) is 8.14. The second-order valence-electron chi connectivity index (χ2n) is 8.14. The highest BCUT2D eigenvalue weighted by Crippen LogP contribution is 2.30. The fourth-order valence-corrected chi connectivity index (χ4v) is 3.09. The summed E-state index contributed by atoms with van der Waals surface area (Å²) in [7, 11) is 0. The Bertz CT molecular complexity index is 836. The van der Waals surface area contributed by atoms with Crippen molar-refractivity contribution in [3.8, 4) is 0 Å². The van der Waals surface area contributed by atoms with Crippen LogP contribution < -0.4 is 5.32 Å². The van der Waals surface area contributed by atoms with Gasteiger partial charge in [0, 0.05) is 5.69 Å². The first kappa shape index (κ1) is 16.6. The van der Waals surface area contributed by atoms with Crippen LogP contribution in [0.4, 0.5) is 5.69 Å². The summed E-state index contributed by atoms with van der Waals surface area (Å²) in [6.45, 7) is 11.2. The van der Waals surface area contributed by atoms with E-state index in [-0.39, 0.29) is 11.0 Å². The fraction of sp³-hybridized carbons (Fsp3) is 0.304. The van der Waals surface area contributed by atoms with Crippen molar-refractivity contribution in [2.45, 2.75) is 45.6 Å². The van der Waals surface area contributed by atoms with Crippen LogP contribution in [0.1, 0.15) is 45.7 Å². The Hall–Kier alpha value is -2.28. The first-order chi connectivity index (χ1) is 11.3. The first-order valence-electron chi connectivity index (χ1n) is 8.64. The molecule has 1 nitrogen and oxygen atoms in total. The zero-order valence-corrected chi connectivity index (χ0v) is 15.4. The average molecular weight is 317 g/mol. The van der Waals surface area contributed by atoms with Crippen LogP contribution in [0.5, 0.6) is 0 Å². The van der Waals surface area contributed by atoms with Crippen molar-refractivity contribution in [3.05, 3.63) is 77.9 Å². The third-order valence-corrected chi connectivity index (χ3v) is 4.68. The van der Waals surface area contributed by atoms with Crippen molar-refractivity contribution in [1.82, 2.24) is 0 Å². The van der Waals surface area contributed by atoms with Crippen LogP contribution in [0.25, 0.3) is 10.8 Å². The maximum atomic E-state index is 3.68. The number of hydrogen-bond donors (Lipinski definition) is 1. The molecule has 0 fully saturated rings. The summed E-state index contributed by atoms with van der Waals surface area (Å²) in [6.07, 6.45) is 0. The summed E-state index contributed by atoms with van der Waals surface area (Å²) in [5.41, 5.74) is 3.88. The van der Waals surface area contributed by atoms with E-state index in [1.54, 1.807) is 0 Å². The molecule has 3 rings (SSSR count). The maximum absolute atomic E-state index is 3.68. The summed E-state index contributed by atoms with van der Waals surface area (Å²) in [6, 6.07) is 24.0. The molecule has 0 aliphatic heterocycles. The van der Waals surface area contributed by atoms with Crippen molar-refractivity contribution in [2.75, 3.05) is 5.32 Å². The van der Waals surface area contributed by atoms with Gasteiger partial charge in [-0.2, -0.15) is 0 Å². The molecule has 1 N–H and O–H groups in total. The summed E-state index contributed by atoms with van der Waals surface area (Å²) in [5.74, 6) is 0. The van der Waals surface area contributed by atoms with Crippen LogP contribution in [0, 0.1) is 0 Å². The molecule has 0 saturated carbocycles. The van der Waals surface area contributed by atoms with Gasteiger partial charge in [-0.05, 0) is 53.3 Å². The molecular formula is C23H27N. The van der Waals surface area contributed by atoms with E-state index in [1.807, 2.05) is 0 Å². The van der Waals surface area contributed by atoms with Crippen LogP contribution in [-0.4, -0.2) is 0 Å². The van der Waals surface area contributed by atoms with E-state index in [4.69, 9.17) is 0 Å². The number of nitrogens with one attached hydrogen (secondary N) is 1. The standard InChI is InChI=1S/C23H27N/c1-22(2,3)19-11-13-20(14-12-19)23(4,5)24-21-15-10-17-8-6-7-9-18(17)16-21/h6-16,24H,1-5H3. The van der Waals surface area contributed by atoms with Crippen LogP contribution in [0.3, 0.4) is 0 Å². The molecule has 0 atom stereocenters. The Morgan fingerprint density at radius 1 is 0.625 bits per heavy atom. The highest BCUT2D eigenvalue weighted by Gasteiger charge is 2.21. The van der Waals surface area contributed by atoms with Gasteiger partial charge in [-0.3, -0.25) is 0 Å². The highest BCUT2D eigenvalue weighted by molar-refractivity contribution is 5.85. The lowest BCUT2D eigenvalue weighted by Gasteiger charge is -2.29. The van der Waals surface area contributed by atoms with E-state index in [0.717, 1.165) is 5.69 Å². The summed E-state index contributed by atoms with van der Waals surface area (Å²) >= 11 is 0. The lowest BCUT2D eigenvalue weighted by Crippen LogP contribution is -2.28. The number of anilines is 1. The van der Waals surface area contributed by atoms with Gasteiger partial charge < -0.3 is 5.32 Å². The maximum Gasteiger partial charge on any atom is 0.0569 e. The van der Waals surface area contributed by atoms with Gasteiger partial charge in [-0.15, -0.1) is 0 Å². The van der Waals surface area contributed by atoms with E-state index in [2.05, 4.69) is 107 Å². The molecule has 3 aromatic carbocycles. The smallest absolute Gasteiger partial charge is 0.0569 e. The molecule has 0 unspecified atom stereocenters. The van der Waals surface area contributed by atoms with Crippen molar-refractivity contribution in [3.63, 3.8) is 0 Å². The van der Waals surface area contributed by atoms with Crippen molar-refractivity contribution >= 4 is 16.5 Å². The Kier molecular flexibility index (Phi) is 4.13. The number of rotatable bonds is 3. The number of fused-ring (bicyclic) bond motifs is 1. The minimum atomic E-state index is -0.126. The van der Waals surface area contributed by atoms with E-state index < -0.39 is 0 Å². The second kappa shape index (κ2) is 5.98. The number of benzene rings is 3. The van der Waals surface area contributed by atoms with Gasteiger partial charge in [-0.1, -0.05) is 75.4 Å². The first-order valence-corrected chi connectivity index (χ1v) is 8.64. The van der Waals surface area contributed by atoms with Gasteiger partial charge in [0.1, 0.15) is 0 Å². The molecule has 0 radical (unpaired) electrons. The quantitative estimate of drug-likeness (QED) is 0.582. The molecule has 0 bridgehead atoms. The Balaban J connectivity index is 1.86. The zero-order chi connectivity index (χ0) is 17.4. The van der Waals surface area contributed by atoms with Crippen molar-refractivity contribution < 1.29 is 0 Å². The van der Waals surface area contributed by atoms with E-state index >= 15 is 0 Å². The third-order valence-electron chi connectivity index (χ3n) is 4.68. The van der Waals surface area contributed by atoms with Gasteiger partial charge in [0.15, 0.2) is 0 Å². The molecule has 3 aromatic rings. The average Bonchev–Trinajstić information content (AvgIpc) is 2.54. The topological polar surface area (TPSA) is 12.0 Å². The molecular weight excluding hydrogens is 290 g/mol. The minimum Gasteiger partial charge on any atom is -0.376 e. The van der Waals surface area contributed by atoms with Crippen molar-refractivity contribution in [2.24, 2.45) is 0 Å². The van der Waals surface area contributed by atoms with E-state index in [9.17, 15) is 0 Å². The van der Waals surface area contributed by atoms with Gasteiger partial charge in [0.25, 0.3) is 0 Å². The predicted molar refractivity (Wildman–Crippen MR) is 106 cm³/mol. The molecule has 0 amide bonds. The molecule has 0 aliphatic rings. The fourth-order valence-electron chi connectivity index (χ4n) is 3.09. The molecule has 0 spiro atoms. The molecule has 0 aromatic heterocycles. The largest absolute Gasteiger partial charge is 0.376 e. The summed E-state index contributed by atoms with van der Waals surface area (Å²) in [4.78, 5) is 0. The van der Waals surface area contributed by atoms with Crippen molar-refractivity contribution in [1.29, 1.82) is 0 Å². The minimum absolute atomic E-state index is 0.126. The van der Waals surface area contributed by atoms with Gasteiger partial charge >= 0.3 is 0 Å². The van der Waals surface area contributed by atoms with Crippen LogP contribution in [0.2, 0.25) is 0 Å². The van der Waals surface area contributed by atoms with Gasteiger partial charge in [0.2, 0.25) is 0 Å². The highest BCUT2D eigenvalue weighted by atomic mass is 15.0. The Morgan fingerprint density at radius 3 is 1.83 bits per heavy atom. The van der Waals surface area contributed by atoms with Crippen LogP contribution in [0.15, 0.2) is 66.7 Å². The summed E-state index contributed by atoms with van der Waals surface area (Å²) in [5, 5.41) is 6.22. The SMILES string of the molecule is CC(C)(C)c1ccc(C(C)(C)Nc2ccc3ccccc3c2)cc1. The van der Waals surface area contributed by atoms with Gasteiger partial charge in [0.05, 0.1) is 5.54 Å². The predicted octanol–water partition coefficient (Wildman–Crippen LogP) is 6.48.